The Morgan fingerprint density at radius 3 is 2.04 bits per heavy atom. The first-order valence-electron chi connectivity index (χ1n) is 19.4. The Balaban J connectivity index is 1.13. The zero-order chi connectivity index (χ0) is 35.8. The van der Waals surface area contributed by atoms with E-state index in [9.17, 15) is 0 Å². The highest BCUT2D eigenvalue weighted by Crippen LogP contribution is 2.39. The molecule has 0 bridgehead atoms. The van der Waals surface area contributed by atoms with Gasteiger partial charge in [-0.25, -0.2) is 0 Å². The number of unbranched alkanes of at least 4 members (excludes halogenated alkanes) is 2. The number of allylic oxidation sites excluding steroid dienone is 11. The molecule has 2 unspecified atom stereocenters. The van der Waals surface area contributed by atoms with Crippen LogP contribution >= 0.6 is 15.9 Å². The third-order valence-corrected chi connectivity index (χ3v) is 11.2. The van der Waals surface area contributed by atoms with Crippen LogP contribution in [0.2, 0.25) is 0 Å². The lowest BCUT2D eigenvalue weighted by molar-refractivity contribution is 0.503. The maximum absolute atomic E-state index is 5.18. The Morgan fingerprint density at radius 1 is 0.660 bits per heavy atom. The summed E-state index contributed by atoms with van der Waals surface area (Å²) in [7, 11) is 0. The van der Waals surface area contributed by atoms with Crippen LogP contribution in [0.15, 0.2) is 157 Å². The van der Waals surface area contributed by atoms with Gasteiger partial charge in [0.2, 0.25) is 0 Å². The summed E-state index contributed by atoms with van der Waals surface area (Å²) in [6, 6.07) is 25.1. The van der Waals surface area contributed by atoms with Crippen LogP contribution in [0.25, 0.3) is 27.7 Å². The molecule has 4 aliphatic carbocycles. The summed E-state index contributed by atoms with van der Waals surface area (Å²) in [6.07, 6.45) is 38.9. The summed E-state index contributed by atoms with van der Waals surface area (Å²) in [5, 5.41) is 11.4. The van der Waals surface area contributed by atoms with Gasteiger partial charge in [0.15, 0.2) is 0 Å². The van der Waals surface area contributed by atoms with Gasteiger partial charge in [-0.15, -0.1) is 0 Å². The van der Waals surface area contributed by atoms with Crippen LogP contribution in [0.1, 0.15) is 63.4 Å². The molecular weight excluding hydrogens is 714 g/mol. The van der Waals surface area contributed by atoms with Crippen molar-refractivity contribution < 1.29 is 0 Å². The molecular formula is C47H48BrN5. The molecule has 0 saturated carbocycles. The van der Waals surface area contributed by atoms with Gasteiger partial charge in [0.1, 0.15) is 11.0 Å². The van der Waals surface area contributed by atoms with Crippen molar-refractivity contribution in [1.29, 1.82) is 0 Å². The second-order valence-corrected chi connectivity index (χ2v) is 15.0. The minimum Gasteiger partial charge on any atom is -0.338 e. The number of nitrogens with zero attached hydrogens (tertiary/aromatic N) is 5. The van der Waals surface area contributed by atoms with Crippen molar-refractivity contribution in [3.05, 3.63) is 163 Å². The van der Waals surface area contributed by atoms with E-state index in [-0.39, 0.29) is 0 Å². The first kappa shape index (κ1) is 35.1. The van der Waals surface area contributed by atoms with Crippen LogP contribution in [-0.2, 0) is 6.54 Å². The molecule has 4 aromatic rings. The molecule has 4 aliphatic rings. The molecule has 53 heavy (non-hydrogen) atoms. The standard InChI is InChI=1S/C47H48BrN5/c48-34-14-5-15-35-51-49-46-44(36-24-28-42(29-25-36)52(38-16-6-1-7-17-38)39-18-8-2-9-19-39)32-33-45(47(46)50-51)37-26-30-43(31-27-37)53(40-20-10-3-11-21-40)41-22-12-4-13-23-41/h1-3,6-12,16-18,20,22-24,26-28,30-33,39-40H,4-5,13-15,19,21,25,29,34-35H2. The summed E-state index contributed by atoms with van der Waals surface area (Å²) >= 11 is 3.59. The Hall–Kier alpha value is -4.94. The first-order valence-corrected chi connectivity index (χ1v) is 20.5. The van der Waals surface area contributed by atoms with Gasteiger partial charge < -0.3 is 9.80 Å². The summed E-state index contributed by atoms with van der Waals surface area (Å²) in [5.74, 6) is 0. The summed E-state index contributed by atoms with van der Waals surface area (Å²) in [6.45, 7) is 0.818. The molecule has 1 aromatic heterocycles. The average Bonchev–Trinajstić information content (AvgIpc) is 3.66. The topological polar surface area (TPSA) is 37.2 Å². The van der Waals surface area contributed by atoms with Crippen molar-refractivity contribution in [2.24, 2.45) is 0 Å². The minimum atomic E-state index is 0.296. The third-order valence-electron chi connectivity index (χ3n) is 10.7. The Labute approximate surface area is 322 Å². The third kappa shape index (κ3) is 7.89. The number of rotatable bonds is 13. The smallest absolute Gasteiger partial charge is 0.121 e. The summed E-state index contributed by atoms with van der Waals surface area (Å²) < 4.78 is 0. The molecule has 0 fully saturated rings. The predicted octanol–water partition coefficient (Wildman–Crippen LogP) is 12.0. The Bertz CT molecular complexity index is 2140. The lowest BCUT2D eigenvalue weighted by atomic mass is 9.91. The highest BCUT2D eigenvalue weighted by Gasteiger charge is 2.25. The second-order valence-electron chi connectivity index (χ2n) is 14.2. The van der Waals surface area contributed by atoms with E-state index < -0.39 is 0 Å². The molecule has 2 atom stereocenters. The van der Waals surface area contributed by atoms with Crippen molar-refractivity contribution in [2.45, 2.75) is 76.4 Å². The number of halogens is 1. The number of aryl methyl sites for hydroxylation is 1. The fraction of sp³-hybridized carbons (Fsp3) is 0.277. The molecule has 3 aromatic carbocycles. The van der Waals surface area contributed by atoms with Crippen LogP contribution < -0.4 is 9.80 Å². The molecule has 6 heteroatoms. The fourth-order valence-electron chi connectivity index (χ4n) is 7.99. The highest BCUT2D eigenvalue weighted by molar-refractivity contribution is 9.09. The van der Waals surface area contributed by atoms with E-state index in [4.69, 9.17) is 10.2 Å². The number of hydrogen-bond acceptors (Lipinski definition) is 4. The number of hydrogen-bond donors (Lipinski definition) is 0. The van der Waals surface area contributed by atoms with Gasteiger partial charge in [0, 0.05) is 39.2 Å². The van der Waals surface area contributed by atoms with E-state index in [1.165, 1.54) is 33.9 Å². The number of fused-ring (bicyclic) bond motifs is 1. The molecule has 0 saturated heterocycles. The zero-order valence-corrected chi connectivity index (χ0v) is 32.0. The lowest BCUT2D eigenvalue weighted by Gasteiger charge is -2.35. The fourth-order valence-corrected chi connectivity index (χ4v) is 8.39. The summed E-state index contributed by atoms with van der Waals surface area (Å²) in [5.41, 5.74) is 11.8. The van der Waals surface area contributed by atoms with Crippen LogP contribution in [0.4, 0.5) is 11.4 Å². The average molecular weight is 763 g/mol. The minimum absolute atomic E-state index is 0.296. The van der Waals surface area contributed by atoms with Crippen molar-refractivity contribution in [3.63, 3.8) is 0 Å². The van der Waals surface area contributed by atoms with Crippen molar-refractivity contribution in [3.8, 4) is 11.1 Å². The Kier molecular flexibility index (Phi) is 11.1. The summed E-state index contributed by atoms with van der Waals surface area (Å²) in [4.78, 5) is 6.94. The van der Waals surface area contributed by atoms with Crippen LogP contribution in [0.3, 0.4) is 0 Å². The van der Waals surface area contributed by atoms with Crippen LogP contribution in [-0.4, -0.2) is 32.4 Å². The van der Waals surface area contributed by atoms with Crippen molar-refractivity contribution >= 4 is 43.9 Å². The van der Waals surface area contributed by atoms with Gasteiger partial charge in [-0.05, 0) is 98.9 Å². The van der Waals surface area contributed by atoms with Gasteiger partial charge in [0.25, 0.3) is 0 Å². The van der Waals surface area contributed by atoms with E-state index in [1.54, 1.807) is 0 Å². The molecule has 0 radical (unpaired) electrons. The maximum atomic E-state index is 5.18. The SMILES string of the molecule is BrCCCCCn1nc2c(C3=CC=C(N(c4ccccc4)C4C=CC=CC4)CC3)ccc(-c3ccc(N(C4=CCCC=C4)C4C=CC=CC4)cc3)c2n1. The second kappa shape index (κ2) is 16.8. The van der Waals surface area contributed by atoms with Crippen LogP contribution in [0.5, 0.6) is 0 Å². The highest BCUT2D eigenvalue weighted by atomic mass is 79.9. The number of anilines is 2. The van der Waals surface area contributed by atoms with Gasteiger partial charge in [0.05, 0.1) is 18.6 Å². The van der Waals surface area contributed by atoms with Crippen molar-refractivity contribution in [1.82, 2.24) is 15.0 Å². The maximum Gasteiger partial charge on any atom is 0.121 e. The number of aromatic nitrogens is 3. The van der Waals surface area contributed by atoms with E-state index in [0.29, 0.717) is 12.1 Å². The number of benzene rings is 3. The molecule has 0 amide bonds. The normalized spacial score (nSPS) is 19.3. The van der Waals surface area contributed by atoms with Gasteiger partial charge in [-0.1, -0.05) is 132 Å². The molecule has 5 nitrogen and oxygen atoms in total. The number of alkyl halides is 1. The zero-order valence-electron chi connectivity index (χ0n) is 30.4. The van der Waals surface area contributed by atoms with Crippen LogP contribution in [0, 0.1) is 0 Å². The van der Waals surface area contributed by atoms with E-state index in [0.717, 1.165) is 91.8 Å². The monoisotopic (exact) mass is 761 g/mol. The molecule has 268 valence electrons. The van der Waals surface area contributed by atoms with Gasteiger partial charge >= 0.3 is 0 Å². The van der Waals surface area contributed by atoms with E-state index in [2.05, 4.69) is 171 Å². The number of para-hydroxylation sites is 1. The largest absolute Gasteiger partial charge is 0.338 e. The van der Waals surface area contributed by atoms with E-state index in [1.807, 2.05) is 4.80 Å². The lowest BCUT2D eigenvalue weighted by Crippen LogP contribution is -2.34. The molecule has 8 rings (SSSR count). The van der Waals surface area contributed by atoms with Crippen molar-refractivity contribution in [2.75, 3.05) is 15.1 Å². The molecule has 0 N–H and O–H groups in total. The Morgan fingerprint density at radius 2 is 1.38 bits per heavy atom. The predicted molar refractivity (Wildman–Crippen MR) is 227 cm³/mol. The van der Waals surface area contributed by atoms with Gasteiger partial charge in [-0.2, -0.15) is 15.0 Å². The van der Waals surface area contributed by atoms with Gasteiger partial charge in [-0.3, -0.25) is 0 Å². The molecule has 1 heterocycles. The van der Waals surface area contributed by atoms with E-state index >= 15 is 0 Å². The molecule has 0 spiro atoms. The first-order chi connectivity index (χ1) is 26.3. The molecule has 0 aliphatic heterocycles. The quantitative estimate of drug-likeness (QED) is 0.100.